The molecule has 1 rings (SSSR count). The van der Waals surface area contributed by atoms with Crippen molar-refractivity contribution in [2.24, 2.45) is 0 Å². The summed E-state index contributed by atoms with van der Waals surface area (Å²) in [6.07, 6.45) is 7.45. The Balaban J connectivity index is 0.00000196. The highest BCUT2D eigenvalue weighted by Crippen LogP contribution is 2.20. The van der Waals surface area contributed by atoms with Crippen molar-refractivity contribution < 1.29 is 5.48 Å². The first-order valence-corrected chi connectivity index (χ1v) is 6.01. The Bertz CT molecular complexity index is 192. The van der Waals surface area contributed by atoms with Crippen LogP contribution >= 0.6 is 0 Å². The second-order valence-corrected chi connectivity index (χ2v) is 4.03. The zero-order valence-corrected chi connectivity index (χ0v) is 10.4. The predicted octanol–water partition coefficient (Wildman–Crippen LogP) is 2.20. The van der Waals surface area contributed by atoms with E-state index >= 15 is 0 Å². The lowest BCUT2D eigenvalue weighted by molar-refractivity contribution is 0.255. The summed E-state index contributed by atoms with van der Waals surface area (Å²) >= 11 is 0. The van der Waals surface area contributed by atoms with Crippen LogP contribution in [0, 0.1) is 0 Å². The highest BCUT2D eigenvalue weighted by molar-refractivity contribution is 5.06. The Morgan fingerprint density at radius 2 is 1.93 bits per heavy atom. The SMILES string of the molecule is CCCCN1CN(CC)C=C1CCC.O. The molecule has 15 heavy (non-hydrogen) atoms. The molecule has 0 aromatic heterocycles. The van der Waals surface area contributed by atoms with Crippen LogP contribution in [0.3, 0.4) is 0 Å². The van der Waals surface area contributed by atoms with Gasteiger partial charge in [-0.05, 0) is 19.8 Å². The molecule has 3 heteroatoms. The van der Waals surface area contributed by atoms with E-state index in [-0.39, 0.29) is 5.48 Å². The first-order valence-electron chi connectivity index (χ1n) is 6.01. The van der Waals surface area contributed by atoms with Crippen LogP contribution in [-0.2, 0) is 0 Å². The van der Waals surface area contributed by atoms with Gasteiger partial charge in [-0.2, -0.15) is 0 Å². The maximum Gasteiger partial charge on any atom is 0.0895 e. The van der Waals surface area contributed by atoms with Crippen molar-refractivity contribution in [2.75, 3.05) is 19.8 Å². The van der Waals surface area contributed by atoms with E-state index in [9.17, 15) is 0 Å². The molecule has 0 fully saturated rings. The van der Waals surface area contributed by atoms with E-state index in [1.54, 1.807) is 5.70 Å². The average Bonchev–Trinajstić information content (AvgIpc) is 2.58. The topological polar surface area (TPSA) is 38.0 Å². The molecule has 0 spiro atoms. The number of nitrogens with zero attached hydrogens (tertiary/aromatic N) is 2. The van der Waals surface area contributed by atoms with Crippen LogP contribution in [0.1, 0.15) is 46.5 Å². The minimum atomic E-state index is 0. The molecule has 0 saturated carbocycles. The van der Waals surface area contributed by atoms with Crippen molar-refractivity contribution in [1.82, 2.24) is 9.80 Å². The van der Waals surface area contributed by atoms with Gasteiger partial charge in [0.2, 0.25) is 0 Å². The van der Waals surface area contributed by atoms with Crippen LogP contribution in [0.15, 0.2) is 11.9 Å². The van der Waals surface area contributed by atoms with Gasteiger partial charge < -0.3 is 15.3 Å². The fourth-order valence-corrected chi connectivity index (χ4v) is 1.88. The molecule has 1 aliphatic heterocycles. The number of unbranched alkanes of at least 4 members (excludes halogenated alkanes) is 1. The molecule has 0 saturated heterocycles. The lowest BCUT2D eigenvalue weighted by Crippen LogP contribution is -2.27. The first-order chi connectivity index (χ1) is 6.81. The Morgan fingerprint density at radius 3 is 2.47 bits per heavy atom. The van der Waals surface area contributed by atoms with Gasteiger partial charge in [0.25, 0.3) is 0 Å². The van der Waals surface area contributed by atoms with Gasteiger partial charge in [0.1, 0.15) is 0 Å². The van der Waals surface area contributed by atoms with E-state index in [1.807, 2.05) is 0 Å². The minimum absolute atomic E-state index is 0. The van der Waals surface area contributed by atoms with Crippen molar-refractivity contribution in [3.8, 4) is 0 Å². The minimum Gasteiger partial charge on any atom is -0.412 e. The highest BCUT2D eigenvalue weighted by atomic mass is 16.0. The zero-order valence-electron chi connectivity index (χ0n) is 10.4. The maximum atomic E-state index is 2.54. The van der Waals surface area contributed by atoms with Crippen LogP contribution in [0.2, 0.25) is 0 Å². The Morgan fingerprint density at radius 1 is 1.20 bits per heavy atom. The molecular formula is C12H26N2O. The molecule has 0 atom stereocenters. The lowest BCUT2D eigenvalue weighted by Gasteiger charge is -2.23. The Kier molecular flexibility index (Phi) is 7.22. The smallest absolute Gasteiger partial charge is 0.0895 e. The lowest BCUT2D eigenvalue weighted by atomic mass is 10.2. The molecule has 1 heterocycles. The molecule has 0 aliphatic carbocycles. The van der Waals surface area contributed by atoms with Crippen LogP contribution in [0.5, 0.6) is 0 Å². The third kappa shape index (κ3) is 4.12. The fraction of sp³-hybridized carbons (Fsp3) is 0.833. The van der Waals surface area contributed by atoms with Crippen molar-refractivity contribution in [3.63, 3.8) is 0 Å². The van der Waals surface area contributed by atoms with Crippen molar-refractivity contribution in [2.45, 2.75) is 46.5 Å². The van der Waals surface area contributed by atoms with Gasteiger partial charge in [0, 0.05) is 25.0 Å². The van der Waals surface area contributed by atoms with Gasteiger partial charge in [-0.25, -0.2) is 0 Å². The molecule has 0 radical (unpaired) electrons. The average molecular weight is 214 g/mol. The molecule has 0 amide bonds. The largest absolute Gasteiger partial charge is 0.412 e. The summed E-state index contributed by atoms with van der Waals surface area (Å²) in [4.78, 5) is 4.94. The molecule has 1 aliphatic rings. The second-order valence-electron chi connectivity index (χ2n) is 4.03. The summed E-state index contributed by atoms with van der Waals surface area (Å²) in [5, 5.41) is 0. The first kappa shape index (κ1) is 14.3. The zero-order chi connectivity index (χ0) is 10.4. The van der Waals surface area contributed by atoms with E-state index in [4.69, 9.17) is 0 Å². The van der Waals surface area contributed by atoms with Gasteiger partial charge in [0.05, 0.1) is 6.67 Å². The second kappa shape index (κ2) is 7.57. The predicted molar refractivity (Wildman–Crippen MR) is 65.5 cm³/mol. The monoisotopic (exact) mass is 214 g/mol. The molecule has 0 unspecified atom stereocenters. The maximum absolute atomic E-state index is 2.54. The third-order valence-corrected chi connectivity index (χ3v) is 2.78. The molecule has 3 nitrogen and oxygen atoms in total. The normalized spacial score (nSPS) is 15.3. The van der Waals surface area contributed by atoms with Crippen LogP contribution < -0.4 is 0 Å². The van der Waals surface area contributed by atoms with Crippen LogP contribution in [-0.4, -0.2) is 35.0 Å². The van der Waals surface area contributed by atoms with E-state index < -0.39 is 0 Å². The summed E-state index contributed by atoms with van der Waals surface area (Å²) in [6.45, 7) is 10.2. The van der Waals surface area contributed by atoms with Gasteiger partial charge in [0.15, 0.2) is 0 Å². The summed E-state index contributed by atoms with van der Waals surface area (Å²) in [7, 11) is 0. The van der Waals surface area contributed by atoms with Crippen LogP contribution in [0.25, 0.3) is 0 Å². The van der Waals surface area contributed by atoms with E-state index in [0.29, 0.717) is 0 Å². The van der Waals surface area contributed by atoms with Gasteiger partial charge in [-0.1, -0.05) is 26.7 Å². The van der Waals surface area contributed by atoms with Crippen LogP contribution in [0.4, 0.5) is 0 Å². The summed E-state index contributed by atoms with van der Waals surface area (Å²) < 4.78 is 0. The number of hydrogen-bond acceptors (Lipinski definition) is 2. The third-order valence-electron chi connectivity index (χ3n) is 2.78. The Hall–Kier alpha value is -0.700. The number of allylic oxidation sites excluding steroid dienone is 1. The van der Waals surface area contributed by atoms with Crippen molar-refractivity contribution in [3.05, 3.63) is 11.9 Å². The molecule has 0 aromatic carbocycles. The summed E-state index contributed by atoms with van der Waals surface area (Å²) in [5.41, 5.74) is 1.54. The van der Waals surface area contributed by atoms with Gasteiger partial charge >= 0.3 is 0 Å². The molecular weight excluding hydrogens is 188 g/mol. The van der Waals surface area contributed by atoms with Gasteiger partial charge in [-0.15, -0.1) is 0 Å². The molecule has 0 bridgehead atoms. The number of hydrogen-bond donors (Lipinski definition) is 0. The standard InChI is InChI=1S/C12H24N2.H2O/c1-4-7-9-14-11-13(6-3)10-12(14)8-5-2;/h10H,4-9,11H2,1-3H3;1H2. The highest BCUT2D eigenvalue weighted by Gasteiger charge is 2.17. The van der Waals surface area contributed by atoms with E-state index in [1.165, 1.54) is 32.2 Å². The number of rotatable bonds is 6. The Labute approximate surface area is 94.1 Å². The summed E-state index contributed by atoms with van der Waals surface area (Å²) in [6, 6.07) is 0. The molecule has 90 valence electrons. The van der Waals surface area contributed by atoms with Gasteiger partial charge in [-0.3, -0.25) is 0 Å². The van der Waals surface area contributed by atoms with Crippen molar-refractivity contribution >= 4 is 0 Å². The molecule has 0 aromatic rings. The van der Waals surface area contributed by atoms with E-state index in [2.05, 4.69) is 36.8 Å². The summed E-state index contributed by atoms with van der Waals surface area (Å²) in [5.74, 6) is 0. The fourth-order valence-electron chi connectivity index (χ4n) is 1.88. The van der Waals surface area contributed by atoms with E-state index in [0.717, 1.165) is 13.2 Å². The quantitative estimate of drug-likeness (QED) is 0.680. The van der Waals surface area contributed by atoms with Crippen molar-refractivity contribution in [1.29, 1.82) is 0 Å². The molecule has 2 N–H and O–H groups in total.